The Balaban J connectivity index is 1.99. The van der Waals surface area contributed by atoms with Crippen LogP contribution in [0.4, 0.5) is 4.79 Å². The zero-order valence-electron chi connectivity index (χ0n) is 9.39. The number of aromatic nitrogens is 2. The summed E-state index contributed by atoms with van der Waals surface area (Å²) < 4.78 is 1.78. The molecule has 0 bridgehead atoms. The van der Waals surface area contributed by atoms with E-state index in [1.807, 2.05) is 24.4 Å². The molecule has 0 aliphatic rings. The van der Waals surface area contributed by atoms with Crippen LogP contribution in [0, 0.1) is 0 Å². The van der Waals surface area contributed by atoms with Gasteiger partial charge in [-0.2, -0.15) is 5.10 Å². The largest absolute Gasteiger partial charge is 0.335 e. The number of carbonyl (C=O) groups excluding carboxylic acids is 1. The lowest BCUT2D eigenvalue weighted by atomic mass is 10.2. The van der Waals surface area contributed by atoms with Gasteiger partial charge in [-0.15, -0.1) is 6.58 Å². The van der Waals surface area contributed by atoms with E-state index in [2.05, 4.69) is 22.3 Å². The van der Waals surface area contributed by atoms with Crippen LogP contribution >= 0.6 is 0 Å². The second kappa shape index (κ2) is 5.16. The van der Waals surface area contributed by atoms with Gasteiger partial charge in [0.1, 0.15) is 0 Å². The topological polar surface area (TPSA) is 58.4 Å². The fraction of sp³-hybridized carbons (Fsp3) is 0.167. The zero-order chi connectivity index (χ0) is 12.1. The highest BCUT2D eigenvalue weighted by Gasteiger charge is 2.04. The highest BCUT2D eigenvalue weighted by molar-refractivity contribution is 5.74. The van der Waals surface area contributed by atoms with Crippen molar-refractivity contribution in [3.8, 4) is 0 Å². The molecule has 0 radical (unpaired) electrons. The van der Waals surface area contributed by atoms with Gasteiger partial charge in [0.15, 0.2) is 0 Å². The smallest absolute Gasteiger partial charge is 0.315 e. The van der Waals surface area contributed by atoms with Crippen molar-refractivity contribution in [1.29, 1.82) is 0 Å². The third-order valence-electron chi connectivity index (χ3n) is 2.35. The van der Waals surface area contributed by atoms with Crippen molar-refractivity contribution < 1.29 is 4.79 Å². The number of hydrogen-bond acceptors (Lipinski definition) is 2. The average molecular weight is 230 g/mol. The maximum absolute atomic E-state index is 11.3. The number of rotatable bonds is 4. The number of fused-ring (bicyclic) bond motifs is 1. The molecule has 0 spiro atoms. The molecule has 5 heteroatoms. The number of carbonyl (C=O) groups is 1. The van der Waals surface area contributed by atoms with Crippen LogP contribution in [-0.2, 0) is 6.54 Å². The lowest BCUT2D eigenvalue weighted by molar-refractivity contribution is 0.241. The number of nitrogens with zero attached hydrogens (tertiary/aromatic N) is 2. The van der Waals surface area contributed by atoms with Gasteiger partial charge in [-0.1, -0.05) is 12.1 Å². The molecule has 5 nitrogen and oxygen atoms in total. The van der Waals surface area contributed by atoms with Gasteiger partial charge >= 0.3 is 6.03 Å². The van der Waals surface area contributed by atoms with E-state index < -0.39 is 0 Å². The van der Waals surface area contributed by atoms with E-state index in [1.54, 1.807) is 16.8 Å². The van der Waals surface area contributed by atoms with E-state index >= 15 is 0 Å². The van der Waals surface area contributed by atoms with Gasteiger partial charge in [0, 0.05) is 24.8 Å². The number of amides is 2. The van der Waals surface area contributed by atoms with Crippen LogP contribution in [0.5, 0.6) is 0 Å². The van der Waals surface area contributed by atoms with Crippen LogP contribution in [-0.4, -0.2) is 22.2 Å². The first-order chi connectivity index (χ1) is 8.31. The van der Waals surface area contributed by atoms with E-state index in [0.29, 0.717) is 13.1 Å². The first-order valence-electron chi connectivity index (χ1n) is 5.35. The van der Waals surface area contributed by atoms with E-state index in [4.69, 9.17) is 0 Å². The summed E-state index contributed by atoms with van der Waals surface area (Å²) >= 11 is 0. The molecule has 2 amide bonds. The van der Waals surface area contributed by atoms with E-state index in [1.165, 1.54) is 0 Å². The van der Waals surface area contributed by atoms with Gasteiger partial charge in [-0.05, 0) is 12.1 Å². The molecule has 0 aliphatic heterocycles. The van der Waals surface area contributed by atoms with Crippen molar-refractivity contribution in [3.63, 3.8) is 0 Å². The van der Waals surface area contributed by atoms with Crippen LogP contribution in [0.2, 0.25) is 0 Å². The van der Waals surface area contributed by atoms with Crippen LogP contribution in [0.1, 0.15) is 5.56 Å². The maximum Gasteiger partial charge on any atom is 0.315 e. The lowest BCUT2D eigenvalue weighted by Gasteiger charge is -2.04. The molecule has 0 fully saturated rings. The Bertz CT molecular complexity index is 532. The Morgan fingerprint density at radius 3 is 3.18 bits per heavy atom. The third kappa shape index (κ3) is 2.63. The molecule has 0 atom stereocenters. The molecule has 0 aromatic carbocycles. The molecule has 0 unspecified atom stereocenters. The molecule has 0 aliphatic carbocycles. The summed E-state index contributed by atoms with van der Waals surface area (Å²) in [6, 6.07) is 5.61. The quantitative estimate of drug-likeness (QED) is 0.778. The monoisotopic (exact) mass is 230 g/mol. The Hall–Kier alpha value is -2.30. The predicted molar refractivity (Wildman–Crippen MR) is 65.6 cm³/mol. The van der Waals surface area contributed by atoms with Gasteiger partial charge in [0.25, 0.3) is 0 Å². The van der Waals surface area contributed by atoms with Crippen molar-refractivity contribution in [1.82, 2.24) is 20.2 Å². The standard InChI is InChI=1S/C12H14N4O/c1-2-6-13-12(17)14-8-10-9-15-16-7-4-3-5-11(10)16/h2-5,7,9H,1,6,8H2,(H2,13,14,17). The van der Waals surface area contributed by atoms with Gasteiger partial charge in [-0.25, -0.2) is 9.31 Å². The molecule has 0 saturated carbocycles. The molecule has 2 aromatic rings. The minimum atomic E-state index is -0.208. The lowest BCUT2D eigenvalue weighted by Crippen LogP contribution is -2.34. The van der Waals surface area contributed by atoms with Gasteiger partial charge in [0.2, 0.25) is 0 Å². The molecule has 2 rings (SSSR count). The molecule has 0 saturated heterocycles. The Labute approximate surface area is 99.1 Å². The highest BCUT2D eigenvalue weighted by Crippen LogP contribution is 2.08. The number of nitrogens with one attached hydrogen (secondary N) is 2. The van der Waals surface area contributed by atoms with Gasteiger partial charge in [-0.3, -0.25) is 0 Å². The van der Waals surface area contributed by atoms with E-state index in [9.17, 15) is 4.79 Å². The molecular weight excluding hydrogens is 216 g/mol. The summed E-state index contributed by atoms with van der Waals surface area (Å²) in [5, 5.41) is 9.60. The van der Waals surface area contributed by atoms with Crippen LogP contribution < -0.4 is 10.6 Å². The van der Waals surface area contributed by atoms with Crippen molar-refractivity contribution in [2.75, 3.05) is 6.54 Å². The highest BCUT2D eigenvalue weighted by atomic mass is 16.2. The van der Waals surface area contributed by atoms with Crippen LogP contribution in [0.15, 0.2) is 43.2 Å². The molecule has 17 heavy (non-hydrogen) atoms. The molecular formula is C12H14N4O. The first-order valence-corrected chi connectivity index (χ1v) is 5.35. The normalized spacial score (nSPS) is 10.1. The molecule has 2 heterocycles. The number of hydrogen-bond donors (Lipinski definition) is 2. The summed E-state index contributed by atoms with van der Waals surface area (Å²) in [6.07, 6.45) is 5.26. The molecule has 88 valence electrons. The maximum atomic E-state index is 11.3. The van der Waals surface area contributed by atoms with Crippen LogP contribution in [0.3, 0.4) is 0 Å². The average Bonchev–Trinajstić information content (AvgIpc) is 2.77. The summed E-state index contributed by atoms with van der Waals surface area (Å²) in [7, 11) is 0. The first kappa shape index (κ1) is 11.2. The van der Waals surface area contributed by atoms with Crippen molar-refractivity contribution >= 4 is 11.5 Å². The Kier molecular flexibility index (Phi) is 3.40. The summed E-state index contributed by atoms with van der Waals surface area (Å²) in [4.78, 5) is 11.3. The van der Waals surface area contributed by atoms with Gasteiger partial charge < -0.3 is 10.6 Å². The summed E-state index contributed by atoms with van der Waals surface area (Å²) in [6.45, 7) is 4.44. The van der Waals surface area contributed by atoms with E-state index in [-0.39, 0.29) is 6.03 Å². The zero-order valence-corrected chi connectivity index (χ0v) is 9.39. The van der Waals surface area contributed by atoms with Crippen LogP contribution in [0.25, 0.3) is 5.52 Å². The fourth-order valence-corrected chi connectivity index (χ4v) is 1.53. The van der Waals surface area contributed by atoms with Crippen molar-refractivity contribution in [2.45, 2.75) is 6.54 Å². The Morgan fingerprint density at radius 2 is 2.35 bits per heavy atom. The predicted octanol–water partition coefficient (Wildman–Crippen LogP) is 1.32. The van der Waals surface area contributed by atoms with Crippen molar-refractivity contribution in [2.24, 2.45) is 0 Å². The molecule has 2 aromatic heterocycles. The Morgan fingerprint density at radius 1 is 1.47 bits per heavy atom. The third-order valence-corrected chi connectivity index (χ3v) is 2.35. The second-order valence-corrected chi connectivity index (χ2v) is 3.55. The van der Waals surface area contributed by atoms with Gasteiger partial charge in [0.05, 0.1) is 11.7 Å². The number of pyridine rings is 1. The minimum absolute atomic E-state index is 0.208. The molecule has 2 N–H and O–H groups in total. The summed E-state index contributed by atoms with van der Waals surface area (Å²) in [5.41, 5.74) is 1.98. The second-order valence-electron chi connectivity index (χ2n) is 3.55. The van der Waals surface area contributed by atoms with E-state index in [0.717, 1.165) is 11.1 Å². The van der Waals surface area contributed by atoms with Crippen molar-refractivity contribution in [3.05, 3.63) is 48.8 Å². The number of urea groups is 1. The fourth-order valence-electron chi connectivity index (χ4n) is 1.53. The summed E-state index contributed by atoms with van der Waals surface area (Å²) in [5.74, 6) is 0. The SMILES string of the molecule is C=CCNC(=O)NCc1cnn2ccccc12. The minimum Gasteiger partial charge on any atom is -0.335 e.